The maximum atomic E-state index is 12.7. The van der Waals surface area contributed by atoms with Crippen LogP contribution in [0.3, 0.4) is 0 Å². The van der Waals surface area contributed by atoms with Crippen molar-refractivity contribution in [2.24, 2.45) is 16.8 Å². The normalized spacial score (nSPS) is 16.3. The van der Waals surface area contributed by atoms with Crippen LogP contribution in [0.2, 0.25) is 5.02 Å². The minimum Gasteiger partial charge on any atom is -0.409 e. The molecule has 4 N–H and O–H groups in total. The minimum absolute atomic E-state index is 0.0774. The van der Waals surface area contributed by atoms with E-state index in [0.717, 1.165) is 37.5 Å². The van der Waals surface area contributed by atoms with Gasteiger partial charge in [-0.2, -0.15) is 0 Å². The first-order chi connectivity index (χ1) is 14.7. The fraction of sp³-hybridized carbons (Fsp3) is 0.400. The molecule has 0 radical (unpaired) electrons. The average molecular weight is 466 g/mol. The first-order valence-corrected chi connectivity index (χ1v) is 12.0. The molecule has 1 aliphatic carbocycles. The van der Waals surface area contributed by atoms with Gasteiger partial charge in [0.2, 0.25) is 5.91 Å². The van der Waals surface area contributed by atoms with Crippen molar-refractivity contribution in [2.75, 3.05) is 11.6 Å². The number of sulfone groups is 1. The quantitative estimate of drug-likeness (QED) is 0.246. The van der Waals surface area contributed by atoms with Crippen LogP contribution in [0.5, 0.6) is 0 Å². The molecule has 1 aromatic heterocycles. The molecule has 166 valence electrons. The molecule has 31 heavy (non-hydrogen) atoms. The monoisotopic (exact) mass is 465 g/mol. The Morgan fingerprint density at radius 3 is 2.58 bits per heavy atom. The summed E-state index contributed by atoms with van der Waals surface area (Å²) in [5.41, 5.74) is 6.48. The lowest BCUT2D eigenvalue weighted by Crippen LogP contribution is -2.21. The first-order valence-electron chi connectivity index (χ1n) is 9.78. The largest absolute Gasteiger partial charge is 0.409 e. The number of amidine groups is 1. The van der Waals surface area contributed by atoms with Crippen molar-refractivity contribution >= 4 is 39.0 Å². The predicted molar refractivity (Wildman–Crippen MR) is 117 cm³/mol. The van der Waals surface area contributed by atoms with Crippen molar-refractivity contribution in [1.82, 2.24) is 9.97 Å². The predicted octanol–water partition coefficient (Wildman–Crippen LogP) is 2.93. The number of carbonyl (C=O) groups excluding carboxylic acids is 1. The third-order valence-corrected chi connectivity index (χ3v) is 7.03. The molecule has 1 heterocycles. The van der Waals surface area contributed by atoms with Crippen molar-refractivity contribution in [3.05, 3.63) is 46.9 Å². The second kappa shape index (κ2) is 9.61. The van der Waals surface area contributed by atoms with E-state index in [1.807, 2.05) is 0 Å². The number of aromatic nitrogens is 2. The van der Waals surface area contributed by atoms with Gasteiger partial charge in [0.15, 0.2) is 21.5 Å². The lowest BCUT2D eigenvalue weighted by molar-refractivity contribution is -0.116. The average Bonchev–Trinajstić information content (AvgIpc) is 3.25. The van der Waals surface area contributed by atoms with Crippen LogP contribution in [0.1, 0.15) is 49.3 Å². The van der Waals surface area contributed by atoms with E-state index in [1.165, 1.54) is 18.5 Å². The Labute approximate surface area is 185 Å². The Bertz CT molecular complexity index is 1080. The van der Waals surface area contributed by atoms with Gasteiger partial charge in [0.25, 0.3) is 0 Å². The van der Waals surface area contributed by atoms with Gasteiger partial charge >= 0.3 is 0 Å². The molecule has 0 bridgehead atoms. The van der Waals surface area contributed by atoms with Crippen molar-refractivity contribution in [2.45, 2.75) is 42.9 Å². The van der Waals surface area contributed by atoms with E-state index in [9.17, 15) is 13.2 Å². The van der Waals surface area contributed by atoms with Gasteiger partial charge in [-0.15, -0.1) is 0 Å². The van der Waals surface area contributed by atoms with E-state index in [1.54, 1.807) is 12.1 Å². The highest BCUT2D eigenvalue weighted by molar-refractivity contribution is 7.90. The van der Waals surface area contributed by atoms with Crippen LogP contribution in [0.15, 0.2) is 40.6 Å². The zero-order chi connectivity index (χ0) is 22.6. The number of hydrogen-bond acceptors (Lipinski definition) is 7. The van der Waals surface area contributed by atoms with Gasteiger partial charge in [-0.25, -0.2) is 18.4 Å². The summed E-state index contributed by atoms with van der Waals surface area (Å²) in [7, 11) is -3.43. The zero-order valence-corrected chi connectivity index (χ0v) is 18.5. The maximum Gasteiger partial charge on any atom is 0.226 e. The van der Waals surface area contributed by atoms with Crippen molar-refractivity contribution < 1.29 is 18.4 Å². The minimum atomic E-state index is -3.43. The summed E-state index contributed by atoms with van der Waals surface area (Å²) in [6, 6.07) is 4.90. The van der Waals surface area contributed by atoms with Gasteiger partial charge in [-0.3, -0.25) is 4.79 Å². The summed E-state index contributed by atoms with van der Waals surface area (Å²) >= 11 is 6.25. The number of rotatable bonds is 7. The van der Waals surface area contributed by atoms with Crippen LogP contribution in [-0.4, -0.2) is 41.6 Å². The van der Waals surface area contributed by atoms with E-state index in [2.05, 4.69) is 20.4 Å². The number of nitrogens with one attached hydrogen (secondary N) is 1. The fourth-order valence-corrected chi connectivity index (χ4v) is 5.27. The Balaban J connectivity index is 1.79. The van der Waals surface area contributed by atoms with Crippen molar-refractivity contribution in [3.8, 4) is 0 Å². The van der Waals surface area contributed by atoms with Gasteiger partial charge in [0.05, 0.1) is 22.3 Å². The SMILES string of the molecule is CS(=O)(=O)c1ccc(C(CC(=O)Nc2cnc(C(N)=NO)cn2)C2CCCC2)cc1Cl. The first kappa shape index (κ1) is 23.0. The number of carbonyl (C=O) groups is 1. The molecular formula is C20H24ClN5O4S. The smallest absolute Gasteiger partial charge is 0.226 e. The molecule has 0 saturated heterocycles. The molecular weight excluding hydrogens is 442 g/mol. The Morgan fingerprint density at radius 2 is 2.03 bits per heavy atom. The lowest BCUT2D eigenvalue weighted by Gasteiger charge is -2.24. The third-order valence-electron chi connectivity index (χ3n) is 5.45. The summed E-state index contributed by atoms with van der Waals surface area (Å²) in [5, 5.41) is 14.4. The second-order valence-electron chi connectivity index (χ2n) is 7.64. The van der Waals surface area contributed by atoms with Gasteiger partial charge in [-0.1, -0.05) is 35.7 Å². The molecule has 0 aliphatic heterocycles. The number of halogens is 1. The summed E-state index contributed by atoms with van der Waals surface area (Å²) in [4.78, 5) is 20.9. The van der Waals surface area contributed by atoms with Crippen LogP contribution in [0.25, 0.3) is 0 Å². The van der Waals surface area contributed by atoms with Gasteiger partial charge < -0.3 is 16.3 Å². The summed E-state index contributed by atoms with van der Waals surface area (Å²) in [5.74, 6) is 0.0280. The van der Waals surface area contributed by atoms with Crippen LogP contribution < -0.4 is 11.1 Å². The maximum absolute atomic E-state index is 12.7. The molecule has 11 heteroatoms. The molecule has 1 aromatic carbocycles. The van der Waals surface area contributed by atoms with E-state index < -0.39 is 9.84 Å². The van der Waals surface area contributed by atoms with Gasteiger partial charge in [0.1, 0.15) is 5.69 Å². The molecule has 1 aliphatic rings. The molecule has 2 aromatic rings. The highest BCUT2D eigenvalue weighted by atomic mass is 35.5. The lowest BCUT2D eigenvalue weighted by atomic mass is 9.82. The number of nitrogens with zero attached hydrogens (tertiary/aromatic N) is 3. The Morgan fingerprint density at radius 1 is 1.32 bits per heavy atom. The van der Waals surface area contributed by atoms with E-state index in [-0.39, 0.29) is 45.5 Å². The third kappa shape index (κ3) is 5.71. The number of amides is 1. The Kier molecular flexibility index (Phi) is 7.11. The highest BCUT2D eigenvalue weighted by Gasteiger charge is 2.29. The van der Waals surface area contributed by atoms with Crippen LogP contribution in [0.4, 0.5) is 5.82 Å². The number of hydrogen-bond donors (Lipinski definition) is 3. The summed E-state index contributed by atoms with van der Waals surface area (Å²) in [6.45, 7) is 0. The van der Waals surface area contributed by atoms with Crippen molar-refractivity contribution in [1.29, 1.82) is 0 Å². The topological polar surface area (TPSA) is 148 Å². The molecule has 0 spiro atoms. The number of nitrogens with two attached hydrogens (primary N) is 1. The molecule has 1 unspecified atom stereocenters. The second-order valence-corrected chi connectivity index (χ2v) is 10.0. The summed E-state index contributed by atoms with van der Waals surface area (Å²) in [6.07, 6.45) is 8.12. The Hall–Kier alpha value is -2.72. The van der Waals surface area contributed by atoms with E-state index >= 15 is 0 Å². The fourth-order valence-electron chi connectivity index (χ4n) is 3.93. The molecule has 1 atom stereocenters. The van der Waals surface area contributed by atoms with Crippen LogP contribution >= 0.6 is 11.6 Å². The van der Waals surface area contributed by atoms with E-state index in [0.29, 0.717) is 5.92 Å². The number of oxime groups is 1. The molecule has 1 saturated carbocycles. The van der Waals surface area contributed by atoms with Gasteiger partial charge in [0, 0.05) is 12.7 Å². The van der Waals surface area contributed by atoms with Gasteiger partial charge in [-0.05, 0) is 42.4 Å². The number of benzene rings is 1. The van der Waals surface area contributed by atoms with Crippen molar-refractivity contribution in [3.63, 3.8) is 0 Å². The summed E-state index contributed by atoms with van der Waals surface area (Å²) < 4.78 is 23.7. The zero-order valence-electron chi connectivity index (χ0n) is 17.0. The standard InChI is InChI=1S/C20H24ClN5O4S/c1-31(29,30)17-7-6-13(8-15(17)21)14(12-4-2-3-5-12)9-19(27)25-18-11-23-16(10-24-18)20(22)26-28/h6-8,10-12,14,28H,2-5,9H2,1H3,(H2,22,26)(H,24,25,27). The van der Waals surface area contributed by atoms with Crippen LogP contribution in [0, 0.1) is 5.92 Å². The van der Waals surface area contributed by atoms with E-state index in [4.69, 9.17) is 22.5 Å². The molecule has 1 amide bonds. The molecule has 9 nitrogen and oxygen atoms in total. The molecule has 3 rings (SSSR count). The molecule has 1 fully saturated rings. The number of anilines is 1. The van der Waals surface area contributed by atoms with Crippen LogP contribution in [-0.2, 0) is 14.6 Å². The highest BCUT2D eigenvalue weighted by Crippen LogP contribution is 2.40.